The number of carbonyl (C=O) groups is 1. The number of nitrogens with one attached hydrogen (secondary N) is 1. The van der Waals surface area contributed by atoms with Gasteiger partial charge in [0, 0.05) is 24.7 Å². The maximum absolute atomic E-state index is 12.0. The van der Waals surface area contributed by atoms with Gasteiger partial charge in [0.05, 0.1) is 11.8 Å². The molecule has 1 aromatic rings. The summed E-state index contributed by atoms with van der Waals surface area (Å²) in [5.74, 6) is 0.522. The van der Waals surface area contributed by atoms with E-state index in [4.69, 9.17) is 11.6 Å². The minimum atomic E-state index is 0.0362. The number of hydrogen-bond acceptors (Lipinski definition) is 2. The van der Waals surface area contributed by atoms with E-state index < -0.39 is 0 Å². The zero-order valence-electron chi connectivity index (χ0n) is 8.45. The Morgan fingerprint density at radius 3 is 2.93 bits per heavy atom. The Hall–Kier alpha value is -1.03. The summed E-state index contributed by atoms with van der Waals surface area (Å²) in [5.41, 5.74) is 0.618. The van der Waals surface area contributed by atoms with Gasteiger partial charge in [-0.1, -0.05) is 0 Å². The molecular weight excluding hydrogens is 214 g/mol. The predicted molar refractivity (Wildman–Crippen MR) is 58.0 cm³/mol. The summed E-state index contributed by atoms with van der Waals surface area (Å²) >= 11 is 5.71. The van der Waals surface area contributed by atoms with Crippen LogP contribution < -0.4 is 0 Å². The topological polar surface area (TPSA) is 49.0 Å². The molecule has 0 bridgehead atoms. The molecule has 1 heterocycles. The van der Waals surface area contributed by atoms with Crippen LogP contribution in [0.3, 0.4) is 0 Å². The van der Waals surface area contributed by atoms with Crippen LogP contribution in [0.25, 0.3) is 0 Å². The first-order chi connectivity index (χ1) is 7.33. The van der Waals surface area contributed by atoms with Crippen LogP contribution in [0.1, 0.15) is 29.6 Å². The molecule has 1 saturated carbocycles. The molecule has 15 heavy (non-hydrogen) atoms. The Kier molecular flexibility index (Phi) is 3.26. The minimum absolute atomic E-state index is 0.0362. The molecule has 0 aliphatic heterocycles. The molecule has 0 atom stereocenters. The third-order valence-electron chi connectivity index (χ3n) is 2.85. The van der Waals surface area contributed by atoms with E-state index in [2.05, 4.69) is 10.2 Å². The molecule has 2 rings (SSSR count). The van der Waals surface area contributed by atoms with Crippen molar-refractivity contribution in [2.24, 2.45) is 0 Å². The van der Waals surface area contributed by atoms with Gasteiger partial charge in [-0.25, -0.2) is 0 Å². The predicted octanol–water partition coefficient (Wildman–Crippen LogP) is 1.64. The standard InChI is InChI=1S/C10H14ClN3O/c11-4-5-14(9-2-1-3-9)10(15)8-6-12-13-7-8/h6-7,9H,1-5H2,(H,12,13). The van der Waals surface area contributed by atoms with Gasteiger partial charge >= 0.3 is 0 Å². The molecule has 1 aliphatic carbocycles. The number of carbonyl (C=O) groups excluding carboxylic acids is 1. The largest absolute Gasteiger partial charge is 0.334 e. The first kappa shape index (κ1) is 10.5. The lowest BCUT2D eigenvalue weighted by Gasteiger charge is -2.37. The lowest BCUT2D eigenvalue weighted by atomic mass is 9.91. The molecule has 1 N–H and O–H groups in total. The van der Waals surface area contributed by atoms with Crippen LogP contribution in [0.2, 0.25) is 0 Å². The summed E-state index contributed by atoms with van der Waals surface area (Å²) in [4.78, 5) is 13.9. The lowest BCUT2D eigenvalue weighted by molar-refractivity contribution is 0.0598. The smallest absolute Gasteiger partial charge is 0.257 e. The van der Waals surface area contributed by atoms with E-state index >= 15 is 0 Å². The van der Waals surface area contributed by atoms with E-state index in [9.17, 15) is 4.79 Å². The number of aromatic nitrogens is 2. The number of amides is 1. The third-order valence-corrected chi connectivity index (χ3v) is 3.02. The van der Waals surface area contributed by atoms with Crippen LogP contribution in [0.4, 0.5) is 0 Å². The molecule has 1 fully saturated rings. The number of nitrogens with zero attached hydrogens (tertiary/aromatic N) is 2. The number of aromatic amines is 1. The summed E-state index contributed by atoms with van der Waals surface area (Å²) in [6.45, 7) is 0.621. The highest BCUT2D eigenvalue weighted by Gasteiger charge is 2.29. The van der Waals surface area contributed by atoms with Crippen molar-refractivity contribution in [3.8, 4) is 0 Å². The van der Waals surface area contributed by atoms with Gasteiger partial charge in [0.1, 0.15) is 0 Å². The number of H-pyrrole nitrogens is 1. The second kappa shape index (κ2) is 4.66. The summed E-state index contributed by atoms with van der Waals surface area (Å²) in [5, 5.41) is 6.44. The van der Waals surface area contributed by atoms with Crippen molar-refractivity contribution < 1.29 is 4.79 Å². The van der Waals surface area contributed by atoms with E-state index in [1.54, 1.807) is 12.4 Å². The summed E-state index contributed by atoms with van der Waals surface area (Å²) < 4.78 is 0. The zero-order valence-corrected chi connectivity index (χ0v) is 9.20. The van der Waals surface area contributed by atoms with Gasteiger partial charge < -0.3 is 4.90 Å². The fourth-order valence-electron chi connectivity index (χ4n) is 1.77. The number of halogens is 1. The van der Waals surface area contributed by atoms with E-state index in [0.29, 0.717) is 24.0 Å². The SMILES string of the molecule is O=C(c1cn[nH]c1)N(CCCl)C1CCC1. The molecule has 0 spiro atoms. The number of hydrogen-bond donors (Lipinski definition) is 1. The van der Waals surface area contributed by atoms with Gasteiger partial charge in [-0.3, -0.25) is 9.89 Å². The average molecular weight is 228 g/mol. The summed E-state index contributed by atoms with van der Waals surface area (Å²) in [6.07, 6.45) is 6.59. The van der Waals surface area contributed by atoms with Crippen LogP contribution >= 0.6 is 11.6 Å². The molecule has 1 aliphatic rings. The number of rotatable bonds is 4. The Bertz CT molecular complexity index is 321. The maximum atomic E-state index is 12.0. The lowest BCUT2D eigenvalue weighted by Crippen LogP contribution is -2.45. The number of alkyl halides is 1. The van der Waals surface area contributed by atoms with Crippen LogP contribution in [0.5, 0.6) is 0 Å². The summed E-state index contributed by atoms with van der Waals surface area (Å²) in [6, 6.07) is 0.381. The van der Waals surface area contributed by atoms with Gasteiger partial charge in [-0.05, 0) is 19.3 Å². The van der Waals surface area contributed by atoms with E-state index in [0.717, 1.165) is 12.8 Å². The van der Waals surface area contributed by atoms with Crippen molar-refractivity contribution in [3.05, 3.63) is 18.0 Å². The fraction of sp³-hybridized carbons (Fsp3) is 0.600. The van der Waals surface area contributed by atoms with E-state index in [1.165, 1.54) is 6.42 Å². The molecule has 1 aromatic heterocycles. The zero-order chi connectivity index (χ0) is 10.7. The second-order valence-corrected chi connectivity index (χ2v) is 4.14. The van der Waals surface area contributed by atoms with Crippen LogP contribution in [-0.2, 0) is 0 Å². The normalized spacial score (nSPS) is 16.1. The summed E-state index contributed by atoms with van der Waals surface area (Å²) in [7, 11) is 0. The molecule has 0 unspecified atom stereocenters. The highest BCUT2D eigenvalue weighted by atomic mass is 35.5. The van der Waals surface area contributed by atoms with Crippen LogP contribution in [0, 0.1) is 0 Å². The molecule has 0 saturated heterocycles. The highest BCUT2D eigenvalue weighted by molar-refractivity contribution is 6.18. The first-order valence-corrected chi connectivity index (χ1v) is 5.72. The monoisotopic (exact) mass is 227 g/mol. The van der Waals surface area contributed by atoms with Crippen molar-refractivity contribution in [2.45, 2.75) is 25.3 Å². The van der Waals surface area contributed by atoms with Crippen molar-refractivity contribution in [2.75, 3.05) is 12.4 Å². The molecule has 0 aromatic carbocycles. The second-order valence-electron chi connectivity index (χ2n) is 3.76. The molecule has 5 heteroatoms. The molecular formula is C10H14ClN3O. The van der Waals surface area contributed by atoms with Crippen molar-refractivity contribution in [1.29, 1.82) is 0 Å². The van der Waals surface area contributed by atoms with Gasteiger partial charge in [-0.2, -0.15) is 5.10 Å². The van der Waals surface area contributed by atoms with Gasteiger partial charge in [0.2, 0.25) is 0 Å². The Balaban J connectivity index is 2.06. The highest BCUT2D eigenvalue weighted by Crippen LogP contribution is 2.25. The van der Waals surface area contributed by atoms with Crippen molar-refractivity contribution in [1.82, 2.24) is 15.1 Å². The Morgan fingerprint density at radius 1 is 1.67 bits per heavy atom. The quantitative estimate of drug-likeness (QED) is 0.796. The Labute approximate surface area is 93.6 Å². The van der Waals surface area contributed by atoms with Gasteiger partial charge in [-0.15, -0.1) is 11.6 Å². The van der Waals surface area contributed by atoms with Gasteiger partial charge in [0.25, 0.3) is 5.91 Å². The van der Waals surface area contributed by atoms with Crippen molar-refractivity contribution in [3.63, 3.8) is 0 Å². The van der Waals surface area contributed by atoms with Crippen LogP contribution in [-0.4, -0.2) is 39.5 Å². The van der Waals surface area contributed by atoms with E-state index in [-0.39, 0.29) is 5.91 Å². The molecule has 0 radical (unpaired) electrons. The third kappa shape index (κ3) is 2.15. The van der Waals surface area contributed by atoms with E-state index in [1.807, 2.05) is 4.90 Å². The van der Waals surface area contributed by atoms with Crippen molar-refractivity contribution >= 4 is 17.5 Å². The Morgan fingerprint density at radius 2 is 2.47 bits per heavy atom. The average Bonchev–Trinajstić information content (AvgIpc) is 2.66. The molecule has 4 nitrogen and oxygen atoms in total. The van der Waals surface area contributed by atoms with Crippen LogP contribution in [0.15, 0.2) is 12.4 Å². The molecule has 82 valence electrons. The maximum Gasteiger partial charge on any atom is 0.257 e. The fourth-order valence-corrected chi connectivity index (χ4v) is 1.96. The first-order valence-electron chi connectivity index (χ1n) is 5.18. The van der Waals surface area contributed by atoms with Gasteiger partial charge in [0.15, 0.2) is 0 Å². The minimum Gasteiger partial charge on any atom is -0.334 e. The molecule has 1 amide bonds.